The number of nitrogen functional groups attached to an aromatic ring is 1. The van der Waals surface area contributed by atoms with E-state index in [4.69, 9.17) is 5.73 Å². The highest BCUT2D eigenvalue weighted by Gasteiger charge is 2.18. The van der Waals surface area contributed by atoms with Gasteiger partial charge >= 0.3 is 0 Å². The van der Waals surface area contributed by atoms with Crippen LogP contribution in [0.25, 0.3) is 0 Å². The number of aromatic nitrogens is 2. The zero-order valence-electron chi connectivity index (χ0n) is 11.6. The molecule has 106 valence electrons. The van der Waals surface area contributed by atoms with Crippen molar-refractivity contribution in [3.8, 4) is 0 Å². The minimum absolute atomic E-state index is 0.0508. The SMILES string of the molecule is CC(C)(C)c1cc(NC(=O)c2cc(Br)ccc2N)n[nH]1. The smallest absolute Gasteiger partial charge is 0.258 e. The van der Waals surface area contributed by atoms with E-state index in [0.29, 0.717) is 17.1 Å². The van der Waals surface area contributed by atoms with Crippen molar-refractivity contribution in [3.63, 3.8) is 0 Å². The Morgan fingerprint density at radius 3 is 2.65 bits per heavy atom. The van der Waals surface area contributed by atoms with Crippen LogP contribution in [-0.4, -0.2) is 16.1 Å². The average molecular weight is 337 g/mol. The molecule has 1 heterocycles. The Hall–Kier alpha value is -1.82. The van der Waals surface area contributed by atoms with E-state index < -0.39 is 0 Å². The van der Waals surface area contributed by atoms with Gasteiger partial charge in [0, 0.05) is 27.3 Å². The summed E-state index contributed by atoms with van der Waals surface area (Å²) in [7, 11) is 0. The molecule has 1 aromatic heterocycles. The molecule has 5 nitrogen and oxygen atoms in total. The zero-order chi connectivity index (χ0) is 14.9. The number of H-pyrrole nitrogens is 1. The van der Waals surface area contributed by atoms with E-state index >= 15 is 0 Å². The summed E-state index contributed by atoms with van der Waals surface area (Å²) in [5.74, 6) is 0.204. The summed E-state index contributed by atoms with van der Waals surface area (Å²) in [6.45, 7) is 6.20. The van der Waals surface area contributed by atoms with Crippen molar-refractivity contribution >= 4 is 33.3 Å². The molecule has 0 unspecified atom stereocenters. The molecule has 1 aromatic carbocycles. The van der Waals surface area contributed by atoms with E-state index in [9.17, 15) is 4.79 Å². The minimum atomic E-state index is -0.282. The molecular formula is C14H17BrN4O. The van der Waals surface area contributed by atoms with E-state index in [0.717, 1.165) is 10.2 Å². The summed E-state index contributed by atoms with van der Waals surface area (Å²) in [4.78, 5) is 12.2. The second-order valence-electron chi connectivity index (χ2n) is 5.60. The first-order valence-electron chi connectivity index (χ1n) is 6.19. The van der Waals surface area contributed by atoms with Crippen LogP contribution in [0.4, 0.5) is 11.5 Å². The summed E-state index contributed by atoms with van der Waals surface area (Å²) in [5, 5.41) is 9.75. The Morgan fingerprint density at radius 1 is 1.35 bits per heavy atom. The highest BCUT2D eigenvalue weighted by Crippen LogP contribution is 2.23. The number of amides is 1. The fourth-order valence-electron chi connectivity index (χ4n) is 1.68. The molecule has 1 amide bonds. The van der Waals surface area contributed by atoms with Crippen molar-refractivity contribution in [2.75, 3.05) is 11.1 Å². The number of halogens is 1. The molecule has 6 heteroatoms. The lowest BCUT2D eigenvalue weighted by Gasteiger charge is -2.14. The van der Waals surface area contributed by atoms with Crippen LogP contribution in [0.15, 0.2) is 28.7 Å². The normalized spacial score (nSPS) is 11.4. The molecule has 0 aliphatic heterocycles. The van der Waals surface area contributed by atoms with Gasteiger partial charge < -0.3 is 11.1 Å². The molecule has 0 spiro atoms. The summed E-state index contributed by atoms with van der Waals surface area (Å²) >= 11 is 3.32. The molecule has 2 rings (SSSR count). The lowest BCUT2D eigenvalue weighted by molar-refractivity contribution is 0.102. The van der Waals surface area contributed by atoms with Gasteiger partial charge in [0.05, 0.1) is 5.56 Å². The molecular weight excluding hydrogens is 320 g/mol. The summed E-state index contributed by atoms with van der Waals surface area (Å²) in [6.07, 6.45) is 0. The van der Waals surface area contributed by atoms with Gasteiger partial charge in [-0.1, -0.05) is 36.7 Å². The number of aromatic amines is 1. The van der Waals surface area contributed by atoms with Gasteiger partial charge in [0.25, 0.3) is 5.91 Å². The molecule has 0 bridgehead atoms. The second kappa shape index (κ2) is 5.28. The quantitative estimate of drug-likeness (QED) is 0.735. The number of rotatable bonds is 2. The van der Waals surface area contributed by atoms with Crippen LogP contribution in [0.3, 0.4) is 0 Å². The predicted molar refractivity (Wildman–Crippen MR) is 83.8 cm³/mol. The number of hydrogen-bond donors (Lipinski definition) is 3. The van der Waals surface area contributed by atoms with Crippen molar-refractivity contribution in [2.45, 2.75) is 26.2 Å². The number of nitrogens with one attached hydrogen (secondary N) is 2. The maximum atomic E-state index is 12.2. The van der Waals surface area contributed by atoms with E-state index in [1.807, 2.05) is 6.07 Å². The lowest BCUT2D eigenvalue weighted by Crippen LogP contribution is -2.14. The molecule has 0 radical (unpaired) electrons. The van der Waals surface area contributed by atoms with Crippen LogP contribution in [0.2, 0.25) is 0 Å². The first-order valence-corrected chi connectivity index (χ1v) is 6.99. The molecule has 2 aromatic rings. The van der Waals surface area contributed by atoms with Crippen molar-refractivity contribution in [1.29, 1.82) is 0 Å². The van der Waals surface area contributed by atoms with Gasteiger partial charge in [0.1, 0.15) is 0 Å². The van der Waals surface area contributed by atoms with Gasteiger partial charge in [-0.25, -0.2) is 0 Å². The highest BCUT2D eigenvalue weighted by molar-refractivity contribution is 9.10. The Morgan fingerprint density at radius 2 is 2.05 bits per heavy atom. The third-order valence-electron chi connectivity index (χ3n) is 2.89. The van der Waals surface area contributed by atoms with Crippen molar-refractivity contribution in [3.05, 3.63) is 40.0 Å². The standard InChI is InChI=1S/C14H17BrN4O/c1-14(2,3)11-7-12(19-18-11)17-13(20)9-6-8(15)4-5-10(9)16/h4-7H,16H2,1-3H3,(H2,17,18,19,20). The molecule has 0 aliphatic carbocycles. The number of nitrogens with two attached hydrogens (primary N) is 1. The molecule has 0 aliphatic rings. The number of benzene rings is 1. The Balaban J connectivity index is 2.20. The van der Waals surface area contributed by atoms with Crippen LogP contribution < -0.4 is 11.1 Å². The first kappa shape index (κ1) is 14.6. The Labute approximate surface area is 126 Å². The zero-order valence-corrected chi connectivity index (χ0v) is 13.2. The second-order valence-corrected chi connectivity index (χ2v) is 6.52. The fraction of sp³-hybridized carbons (Fsp3) is 0.286. The molecule has 0 fully saturated rings. The molecule has 0 saturated carbocycles. The number of hydrogen-bond acceptors (Lipinski definition) is 3. The van der Waals surface area contributed by atoms with Crippen LogP contribution in [0, 0.1) is 0 Å². The van der Waals surface area contributed by atoms with Gasteiger partial charge in [-0.2, -0.15) is 5.10 Å². The number of anilines is 2. The topological polar surface area (TPSA) is 83.8 Å². The molecule has 0 saturated heterocycles. The van der Waals surface area contributed by atoms with Crippen molar-refractivity contribution in [2.24, 2.45) is 0 Å². The Bertz CT molecular complexity index is 643. The highest BCUT2D eigenvalue weighted by atomic mass is 79.9. The van der Waals surface area contributed by atoms with Crippen LogP contribution in [-0.2, 0) is 5.41 Å². The lowest BCUT2D eigenvalue weighted by atomic mass is 9.92. The van der Waals surface area contributed by atoms with E-state index in [1.165, 1.54) is 0 Å². The van der Waals surface area contributed by atoms with E-state index in [-0.39, 0.29) is 11.3 Å². The Kier molecular flexibility index (Phi) is 3.85. The van der Waals surface area contributed by atoms with E-state index in [1.54, 1.807) is 18.2 Å². The number of carbonyl (C=O) groups is 1. The van der Waals surface area contributed by atoms with Crippen molar-refractivity contribution < 1.29 is 4.79 Å². The van der Waals surface area contributed by atoms with Crippen molar-refractivity contribution in [1.82, 2.24) is 10.2 Å². The summed E-state index contributed by atoms with van der Waals surface area (Å²) in [5.41, 5.74) is 7.56. The van der Waals surface area contributed by atoms with Crippen LogP contribution in [0.5, 0.6) is 0 Å². The number of nitrogens with zero attached hydrogens (tertiary/aromatic N) is 1. The maximum Gasteiger partial charge on any atom is 0.258 e. The molecule has 0 atom stereocenters. The van der Waals surface area contributed by atoms with Gasteiger partial charge in [-0.3, -0.25) is 9.89 Å². The largest absolute Gasteiger partial charge is 0.398 e. The van der Waals surface area contributed by atoms with E-state index in [2.05, 4.69) is 52.2 Å². The molecule has 4 N–H and O–H groups in total. The fourth-order valence-corrected chi connectivity index (χ4v) is 2.04. The van der Waals surface area contributed by atoms with Crippen LogP contribution >= 0.6 is 15.9 Å². The molecule has 20 heavy (non-hydrogen) atoms. The van der Waals surface area contributed by atoms with Gasteiger partial charge in [0.2, 0.25) is 0 Å². The van der Waals surface area contributed by atoms with Gasteiger partial charge in [-0.15, -0.1) is 0 Å². The third-order valence-corrected chi connectivity index (χ3v) is 3.38. The van der Waals surface area contributed by atoms with Gasteiger partial charge in [0.15, 0.2) is 5.82 Å². The van der Waals surface area contributed by atoms with Gasteiger partial charge in [-0.05, 0) is 18.2 Å². The third kappa shape index (κ3) is 3.19. The maximum absolute atomic E-state index is 12.2. The minimum Gasteiger partial charge on any atom is -0.398 e. The first-order chi connectivity index (χ1) is 9.27. The summed E-state index contributed by atoms with van der Waals surface area (Å²) in [6, 6.07) is 6.98. The predicted octanol–water partition coefficient (Wildman–Crippen LogP) is 3.30. The summed E-state index contributed by atoms with van der Waals surface area (Å²) < 4.78 is 0.800. The average Bonchev–Trinajstić information content (AvgIpc) is 2.80. The van der Waals surface area contributed by atoms with Crippen LogP contribution in [0.1, 0.15) is 36.8 Å². The monoisotopic (exact) mass is 336 g/mol. The number of carbonyl (C=O) groups excluding carboxylic acids is 1.